The minimum absolute atomic E-state index is 0.0802. The standard InChI is InChI=1S/C42H57N6O2S2/c1-8-35(23-26-43-2)19-21-37-15-9-11-17-39(37)45(4)27-13-29-47(6)41(49)33-51-52-34-42(50)48(7)30-14-28-46(5)40-18-12-10-16-38(40)22-20-36-24-31-44(3)32-25-36/h8-12,15-26,31-32,43H,13-14,27-30,33-34H2,1-7H3/q+1/p+1/b21-19+,26-23-,35-8-. The smallest absolute Gasteiger partial charge is 0.233 e. The molecule has 0 saturated heterocycles. The molecule has 0 saturated carbocycles. The maximum Gasteiger partial charge on any atom is 0.233 e. The Morgan fingerprint density at radius 3 is 1.69 bits per heavy atom. The fraction of sp³-hybridized carbons (Fsp3) is 0.357. The number of aromatic nitrogens is 1. The van der Waals surface area contributed by atoms with Crippen molar-refractivity contribution >= 4 is 63.0 Å². The Kier molecular flexibility index (Phi) is 18.9. The van der Waals surface area contributed by atoms with Crippen LogP contribution in [0.3, 0.4) is 0 Å². The van der Waals surface area contributed by atoms with Crippen molar-refractivity contribution < 1.29 is 19.5 Å². The molecule has 2 N–H and O–H groups in total. The average Bonchev–Trinajstić information content (AvgIpc) is 3.16. The Hall–Kier alpha value is -4.25. The van der Waals surface area contributed by atoms with Crippen molar-refractivity contribution in [2.24, 2.45) is 7.05 Å². The van der Waals surface area contributed by atoms with Crippen LogP contribution in [0.15, 0.2) is 103 Å². The van der Waals surface area contributed by atoms with Gasteiger partial charge in [0.2, 0.25) is 11.8 Å². The summed E-state index contributed by atoms with van der Waals surface area (Å²) in [6.45, 7) is 5.06. The van der Waals surface area contributed by atoms with E-state index in [1.54, 1.807) is 9.80 Å². The largest absolute Gasteiger partial charge is 0.374 e. The van der Waals surface area contributed by atoms with Crippen LogP contribution >= 0.6 is 21.6 Å². The van der Waals surface area contributed by atoms with Crippen molar-refractivity contribution in [3.8, 4) is 0 Å². The number of aryl methyl sites for hydroxylation is 1. The number of quaternary nitrogens is 1. The minimum atomic E-state index is 0.0802. The molecule has 2 aromatic carbocycles. The monoisotopic (exact) mass is 742 g/mol. The van der Waals surface area contributed by atoms with Crippen LogP contribution in [-0.2, 0) is 16.6 Å². The van der Waals surface area contributed by atoms with E-state index >= 15 is 0 Å². The second-order valence-corrected chi connectivity index (χ2v) is 15.2. The lowest BCUT2D eigenvalue weighted by molar-refractivity contribution is -0.671. The predicted octanol–water partition coefficient (Wildman–Crippen LogP) is 6.00. The summed E-state index contributed by atoms with van der Waals surface area (Å²) in [4.78, 5) is 33.7. The number of nitrogens with zero attached hydrogens (tertiary/aromatic N) is 5. The molecular weight excluding hydrogens is 685 g/mol. The number of anilines is 2. The number of hydrogen-bond acceptors (Lipinski definition) is 6. The first-order valence-corrected chi connectivity index (χ1v) is 20.4. The normalized spacial score (nSPS) is 11.9. The third-order valence-corrected chi connectivity index (χ3v) is 10.8. The first-order chi connectivity index (χ1) is 25.1. The molecule has 8 nitrogen and oxygen atoms in total. The van der Waals surface area contributed by atoms with Crippen molar-refractivity contribution in [3.63, 3.8) is 0 Å². The Bertz CT molecular complexity index is 1670. The van der Waals surface area contributed by atoms with Crippen molar-refractivity contribution in [1.82, 2.24) is 9.80 Å². The number of carbonyl (C=O) groups excluding carboxylic acids is 2. The van der Waals surface area contributed by atoms with Crippen LogP contribution in [0.1, 0.15) is 36.5 Å². The van der Waals surface area contributed by atoms with Crippen LogP contribution in [0.5, 0.6) is 0 Å². The van der Waals surface area contributed by atoms with Gasteiger partial charge in [0, 0.05) is 77.9 Å². The second kappa shape index (κ2) is 23.3. The third kappa shape index (κ3) is 14.8. The summed E-state index contributed by atoms with van der Waals surface area (Å²) in [6.07, 6.45) is 20.6. The molecule has 0 spiro atoms. The predicted molar refractivity (Wildman–Crippen MR) is 225 cm³/mol. The van der Waals surface area contributed by atoms with Crippen molar-refractivity contribution in [2.75, 3.05) is 82.7 Å². The number of pyridine rings is 1. The summed E-state index contributed by atoms with van der Waals surface area (Å²) in [5, 5.41) is 2.02. The molecule has 0 bridgehead atoms. The fourth-order valence-electron chi connectivity index (χ4n) is 5.39. The van der Waals surface area contributed by atoms with Gasteiger partial charge in [-0.2, -0.15) is 0 Å². The molecule has 0 atom stereocenters. The molecule has 3 rings (SSSR count). The van der Waals surface area contributed by atoms with E-state index in [1.807, 2.05) is 63.6 Å². The first kappa shape index (κ1) is 42.2. The number of benzene rings is 2. The first-order valence-electron chi connectivity index (χ1n) is 17.9. The van der Waals surface area contributed by atoms with Crippen molar-refractivity contribution in [1.29, 1.82) is 0 Å². The molecule has 0 aliphatic carbocycles. The van der Waals surface area contributed by atoms with Crippen molar-refractivity contribution in [2.45, 2.75) is 19.8 Å². The summed E-state index contributed by atoms with van der Waals surface area (Å²) in [5.41, 5.74) is 6.95. The van der Waals surface area contributed by atoms with Crippen LogP contribution in [0.2, 0.25) is 0 Å². The van der Waals surface area contributed by atoms with E-state index in [2.05, 4.69) is 121 Å². The molecular formula is C42H58N6O2S2+2. The van der Waals surface area contributed by atoms with Gasteiger partial charge in [0.25, 0.3) is 0 Å². The number of hydrogen-bond donors (Lipinski definition) is 1. The van der Waals surface area contributed by atoms with Crippen molar-refractivity contribution in [3.05, 3.63) is 120 Å². The molecule has 0 aliphatic heterocycles. The van der Waals surface area contributed by atoms with Gasteiger partial charge in [0.1, 0.15) is 7.05 Å². The van der Waals surface area contributed by atoms with Crippen LogP contribution in [0.25, 0.3) is 18.2 Å². The number of allylic oxidation sites excluding steroid dienone is 4. The molecule has 10 heteroatoms. The van der Waals surface area contributed by atoms with E-state index in [-0.39, 0.29) is 11.8 Å². The summed E-state index contributed by atoms with van der Waals surface area (Å²) in [5.74, 6) is 0.856. The molecule has 0 unspecified atom stereocenters. The zero-order valence-corrected chi connectivity index (χ0v) is 33.7. The highest BCUT2D eigenvalue weighted by Crippen LogP contribution is 2.24. The number of carbonyl (C=O) groups is 2. The molecule has 0 radical (unpaired) electrons. The van der Waals surface area contributed by atoms with Crippen LogP contribution in [-0.4, -0.2) is 94.5 Å². The van der Waals surface area contributed by atoms with Gasteiger partial charge in [-0.3, -0.25) is 9.59 Å². The summed E-state index contributed by atoms with van der Waals surface area (Å²) in [6, 6.07) is 21.0. The number of amides is 2. The van der Waals surface area contributed by atoms with E-state index in [0.29, 0.717) is 24.6 Å². The van der Waals surface area contributed by atoms with Gasteiger partial charge in [0.15, 0.2) is 12.4 Å². The molecule has 278 valence electrons. The minimum Gasteiger partial charge on any atom is -0.374 e. The zero-order chi connectivity index (χ0) is 37.7. The number of para-hydroxylation sites is 2. The molecule has 0 fully saturated rings. The Balaban J connectivity index is 1.34. The molecule has 1 heterocycles. The maximum atomic E-state index is 12.8. The molecule has 0 aliphatic rings. The van der Waals surface area contributed by atoms with Crippen LogP contribution in [0, 0.1) is 0 Å². The van der Waals surface area contributed by atoms with Gasteiger partial charge in [-0.15, -0.1) is 0 Å². The third-order valence-electron chi connectivity index (χ3n) is 8.70. The maximum absolute atomic E-state index is 12.8. The fourth-order valence-corrected chi connectivity index (χ4v) is 7.30. The summed E-state index contributed by atoms with van der Waals surface area (Å²) < 4.78 is 2.02. The molecule has 1 aromatic heterocycles. The van der Waals surface area contributed by atoms with Crippen LogP contribution in [0.4, 0.5) is 11.4 Å². The lowest BCUT2D eigenvalue weighted by atomic mass is 10.1. The van der Waals surface area contributed by atoms with Gasteiger partial charge in [0.05, 0.1) is 24.8 Å². The van der Waals surface area contributed by atoms with Gasteiger partial charge in [-0.1, -0.05) is 88.4 Å². The highest BCUT2D eigenvalue weighted by atomic mass is 33.1. The Labute approximate surface area is 320 Å². The zero-order valence-electron chi connectivity index (χ0n) is 32.1. The van der Waals surface area contributed by atoms with Gasteiger partial charge in [-0.25, -0.2) is 4.57 Å². The second-order valence-electron chi connectivity index (χ2n) is 12.8. The lowest BCUT2D eigenvalue weighted by Crippen LogP contribution is -2.72. The molecule has 3 aromatic rings. The Morgan fingerprint density at radius 2 is 1.19 bits per heavy atom. The molecule has 2 amide bonds. The van der Waals surface area contributed by atoms with Gasteiger partial charge < -0.3 is 24.9 Å². The van der Waals surface area contributed by atoms with E-state index in [9.17, 15) is 9.59 Å². The average molecular weight is 743 g/mol. The van der Waals surface area contributed by atoms with Gasteiger partial charge >= 0.3 is 0 Å². The summed E-state index contributed by atoms with van der Waals surface area (Å²) in [7, 11) is 14.8. The lowest BCUT2D eigenvalue weighted by Gasteiger charge is -2.24. The Morgan fingerprint density at radius 1 is 0.692 bits per heavy atom. The topological polar surface area (TPSA) is 67.6 Å². The summed E-state index contributed by atoms with van der Waals surface area (Å²) >= 11 is 0. The SMILES string of the molecule is C/C=C(\C=C/[NH2+]C)/C=C/c1ccccc1N(C)CCCN(C)C(=O)CSSCC(=O)N(C)CCCN(C)c1ccccc1/C=C/c1cc[n+](C)cc1. The van der Waals surface area contributed by atoms with E-state index in [4.69, 9.17) is 0 Å². The number of rotatable bonds is 21. The quantitative estimate of drug-likeness (QED) is 0.0626. The van der Waals surface area contributed by atoms with Gasteiger partial charge in [-0.05, 0) is 60.2 Å². The van der Waals surface area contributed by atoms with E-state index < -0.39 is 0 Å². The number of nitrogens with two attached hydrogens (primary N) is 1. The van der Waals surface area contributed by atoms with E-state index in [1.165, 1.54) is 21.6 Å². The van der Waals surface area contributed by atoms with Crippen LogP contribution < -0.4 is 19.7 Å². The highest BCUT2D eigenvalue weighted by molar-refractivity contribution is 8.77. The molecule has 52 heavy (non-hydrogen) atoms. The highest BCUT2D eigenvalue weighted by Gasteiger charge is 2.14. The van der Waals surface area contributed by atoms with E-state index in [0.717, 1.165) is 59.6 Å².